The molecule has 1 aliphatic rings. The zero-order valence-electron chi connectivity index (χ0n) is 11.3. The molecule has 1 aromatic heterocycles. The van der Waals surface area contributed by atoms with Gasteiger partial charge in [-0.3, -0.25) is 0 Å². The molecule has 1 aliphatic heterocycles. The molecule has 0 aromatic carbocycles. The summed E-state index contributed by atoms with van der Waals surface area (Å²) in [6.07, 6.45) is 7.10. The molecule has 0 saturated carbocycles. The van der Waals surface area contributed by atoms with Crippen LogP contribution in [-0.2, 0) is 23.2 Å². The van der Waals surface area contributed by atoms with Gasteiger partial charge < -0.3 is 4.74 Å². The topological polar surface area (TPSA) is 9.23 Å². The van der Waals surface area contributed by atoms with Crippen molar-refractivity contribution in [3.63, 3.8) is 0 Å². The highest BCUT2D eigenvalue weighted by Crippen LogP contribution is 2.43. The van der Waals surface area contributed by atoms with Crippen LogP contribution in [0.25, 0.3) is 0 Å². The Kier molecular flexibility index (Phi) is 4.26. The fraction of sp³-hybridized carbons (Fsp3) is 0.733. The average molecular weight is 252 g/mol. The van der Waals surface area contributed by atoms with E-state index in [1.54, 1.807) is 4.88 Å². The Morgan fingerprint density at radius 1 is 1.35 bits per heavy atom. The molecule has 1 unspecified atom stereocenters. The van der Waals surface area contributed by atoms with Crippen LogP contribution >= 0.6 is 11.3 Å². The zero-order chi connectivity index (χ0) is 12.3. The zero-order valence-corrected chi connectivity index (χ0v) is 12.2. The maximum Gasteiger partial charge on any atom is 0.0939 e. The van der Waals surface area contributed by atoms with Crippen molar-refractivity contribution in [2.45, 2.75) is 64.9 Å². The van der Waals surface area contributed by atoms with E-state index < -0.39 is 0 Å². The Morgan fingerprint density at radius 2 is 2.18 bits per heavy atom. The molecule has 2 heterocycles. The van der Waals surface area contributed by atoms with Crippen LogP contribution in [0.5, 0.6) is 0 Å². The molecule has 2 heteroatoms. The van der Waals surface area contributed by atoms with Gasteiger partial charge in [0.1, 0.15) is 0 Å². The molecular weight excluding hydrogens is 228 g/mol. The van der Waals surface area contributed by atoms with Gasteiger partial charge in [-0.1, -0.05) is 33.6 Å². The van der Waals surface area contributed by atoms with Crippen molar-refractivity contribution in [2.75, 3.05) is 6.61 Å². The van der Waals surface area contributed by atoms with E-state index in [4.69, 9.17) is 4.74 Å². The summed E-state index contributed by atoms with van der Waals surface area (Å²) >= 11 is 2.01. The van der Waals surface area contributed by atoms with Gasteiger partial charge in [0.25, 0.3) is 0 Å². The molecule has 96 valence electrons. The van der Waals surface area contributed by atoms with Crippen LogP contribution in [0.2, 0.25) is 0 Å². The number of rotatable bonds is 5. The lowest BCUT2D eigenvalue weighted by atomic mass is 9.84. The quantitative estimate of drug-likeness (QED) is 0.739. The number of fused-ring (bicyclic) bond motifs is 1. The van der Waals surface area contributed by atoms with Gasteiger partial charge in [-0.2, -0.15) is 0 Å². The highest BCUT2D eigenvalue weighted by atomic mass is 32.1. The normalized spacial score (nSPS) is 23.7. The number of hydrogen-bond acceptors (Lipinski definition) is 2. The highest BCUT2D eigenvalue weighted by molar-refractivity contribution is 7.12. The van der Waals surface area contributed by atoms with E-state index in [9.17, 15) is 0 Å². The van der Waals surface area contributed by atoms with E-state index in [1.807, 2.05) is 11.3 Å². The van der Waals surface area contributed by atoms with Crippen molar-refractivity contribution in [3.8, 4) is 0 Å². The van der Waals surface area contributed by atoms with Crippen molar-refractivity contribution in [2.24, 2.45) is 0 Å². The third-order valence-electron chi connectivity index (χ3n) is 3.91. The summed E-state index contributed by atoms with van der Waals surface area (Å²) in [5.74, 6) is 0. The van der Waals surface area contributed by atoms with E-state index >= 15 is 0 Å². The van der Waals surface area contributed by atoms with Crippen LogP contribution in [0.4, 0.5) is 0 Å². The second-order valence-corrected chi connectivity index (χ2v) is 6.17. The SMILES string of the molecule is CCCCC1(CC)OCCc2sc(CC)cc21. The van der Waals surface area contributed by atoms with Crippen molar-refractivity contribution >= 4 is 11.3 Å². The number of thiophene rings is 1. The van der Waals surface area contributed by atoms with Gasteiger partial charge in [-0.25, -0.2) is 0 Å². The lowest BCUT2D eigenvalue weighted by Gasteiger charge is -2.37. The Bertz CT molecular complexity index is 369. The molecule has 1 atom stereocenters. The average Bonchev–Trinajstić information content (AvgIpc) is 2.80. The monoisotopic (exact) mass is 252 g/mol. The van der Waals surface area contributed by atoms with Gasteiger partial charge in [0.15, 0.2) is 0 Å². The molecular formula is C15H24OS. The first-order chi connectivity index (χ1) is 8.25. The molecule has 1 aromatic rings. The van der Waals surface area contributed by atoms with E-state index in [2.05, 4.69) is 26.8 Å². The maximum absolute atomic E-state index is 6.21. The Labute approximate surface area is 109 Å². The van der Waals surface area contributed by atoms with Gasteiger partial charge in [-0.15, -0.1) is 11.3 Å². The van der Waals surface area contributed by atoms with Crippen molar-refractivity contribution in [1.29, 1.82) is 0 Å². The first-order valence-corrected chi connectivity index (χ1v) is 7.83. The molecule has 0 fully saturated rings. The smallest absolute Gasteiger partial charge is 0.0939 e. The first kappa shape index (κ1) is 13.1. The fourth-order valence-corrected chi connectivity index (χ4v) is 3.96. The Balaban J connectivity index is 2.32. The second-order valence-electron chi connectivity index (χ2n) is 4.95. The molecule has 0 spiro atoms. The van der Waals surface area contributed by atoms with Crippen LogP contribution in [0, 0.1) is 0 Å². The third-order valence-corrected chi connectivity index (χ3v) is 5.25. The molecule has 1 nitrogen and oxygen atoms in total. The van der Waals surface area contributed by atoms with Crippen LogP contribution in [-0.4, -0.2) is 6.61 Å². The molecule has 0 radical (unpaired) electrons. The second kappa shape index (κ2) is 5.53. The highest BCUT2D eigenvalue weighted by Gasteiger charge is 2.36. The minimum Gasteiger partial charge on any atom is -0.370 e. The first-order valence-electron chi connectivity index (χ1n) is 7.01. The van der Waals surface area contributed by atoms with Crippen LogP contribution < -0.4 is 0 Å². The lowest BCUT2D eigenvalue weighted by Crippen LogP contribution is -2.34. The van der Waals surface area contributed by atoms with Crippen molar-refractivity contribution in [1.82, 2.24) is 0 Å². The summed E-state index contributed by atoms with van der Waals surface area (Å²) in [5, 5.41) is 0. The minimum absolute atomic E-state index is 0.0352. The van der Waals surface area contributed by atoms with E-state index in [-0.39, 0.29) is 5.60 Å². The summed E-state index contributed by atoms with van der Waals surface area (Å²) < 4.78 is 6.21. The summed E-state index contributed by atoms with van der Waals surface area (Å²) in [6, 6.07) is 2.42. The molecule has 17 heavy (non-hydrogen) atoms. The van der Waals surface area contributed by atoms with Crippen LogP contribution in [0.3, 0.4) is 0 Å². The van der Waals surface area contributed by atoms with Crippen LogP contribution in [0.15, 0.2) is 6.07 Å². The van der Waals surface area contributed by atoms with Crippen molar-refractivity contribution in [3.05, 3.63) is 21.4 Å². The van der Waals surface area contributed by atoms with E-state index in [0.717, 1.165) is 25.9 Å². The van der Waals surface area contributed by atoms with Gasteiger partial charge in [-0.05, 0) is 30.9 Å². The summed E-state index contributed by atoms with van der Waals surface area (Å²) in [7, 11) is 0. The fourth-order valence-electron chi connectivity index (χ4n) is 2.79. The maximum atomic E-state index is 6.21. The number of aryl methyl sites for hydroxylation is 1. The predicted molar refractivity (Wildman–Crippen MR) is 74.8 cm³/mol. The van der Waals surface area contributed by atoms with Gasteiger partial charge in [0, 0.05) is 16.2 Å². The molecule has 0 aliphatic carbocycles. The van der Waals surface area contributed by atoms with Crippen molar-refractivity contribution < 1.29 is 4.74 Å². The largest absolute Gasteiger partial charge is 0.370 e. The predicted octanol–water partition coefficient (Wildman–Crippen LogP) is 4.68. The third kappa shape index (κ3) is 2.43. The van der Waals surface area contributed by atoms with Gasteiger partial charge in [0.2, 0.25) is 0 Å². The number of hydrogen-bond donors (Lipinski definition) is 0. The summed E-state index contributed by atoms with van der Waals surface area (Å²) in [5.41, 5.74) is 1.55. The minimum atomic E-state index is 0.0352. The lowest BCUT2D eigenvalue weighted by molar-refractivity contribution is -0.0697. The van der Waals surface area contributed by atoms with E-state index in [1.165, 1.54) is 29.7 Å². The van der Waals surface area contributed by atoms with Crippen LogP contribution in [0.1, 0.15) is 61.8 Å². The molecule has 0 saturated heterocycles. The summed E-state index contributed by atoms with van der Waals surface area (Å²) in [6.45, 7) is 7.69. The molecule has 2 rings (SSSR count). The van der Waals surface area contributed by atoms with Gasteiger partial charge in [0.05, 0.1) is 12.2 Å². The Hall–Kier alpha value is -0.340. The molecule has 0 amide bonds. The van der Waals surface area contributed by atoms with E-state index in [0.29, 0.717) is 0 Å². The standard InChI is InChI=1S/C15H24OS/c1-4-7-9-15(6-3)13-11-12(5-2)17-14(13)8-10-16-15/h11H,4-10H2,1-3H3. The number of unbranched alkanes of at least 4 members (excludes halogenated alkanes) is 1. The molecule has 0 bridgehead atoms. The Morgan fingerprint density at radius 3 is 2.82 bits per heavy atom. The van der Waals surface area contributed by atoms with Gasteiger partial charge >= 0.3 is 0 Å². The molecule has 0 N–H and O–H groups in total. The summed E-state index contributed by atoms with van der Waals surface area (Å²) in [4.78, 5) is 3.11. The number of ether oxygens (including phenoxy) is 1.